The Morgan fingerprint density at radius 1 is 1.20 bits per heavy atom. The summed E-state index contributed by atoms with van der Waals surface area (Å²) < 4.78 is 0. The van der Waals surface area contributed by atoms with Crippen LogP contribution in [-0.2, 0) is 17.6 Å². The van der Waals surface area contributed by atoms with Crippen molar-refractivity contribution < 1.29 is 14.7 Å². The molecule has 106 valence electrons. The number of fused-ring (bicyclic) bond motifs is 1. The number of carboxylic acid groups (broad SMARTS) is 1. The van der Waals surface area contributed by atoms with E-state index < -0.39 is 12.0 Å². The number of amides is 2. The summed E-state index contributed by atoms with van der Waals surface area (Å²) in [5.41, 5.74) is 3.40. The summed E-state index contributed by atoms with van der Waals surface area (Å²) >= 11 is 0. The number of anilines is 1. The number of hydrogen-bond acceptors (Lipinski definition) is 2. The first-order valence-electron chi connectivity index (χ1n) is 7.07. The van der Waals surface area contributed by atoms with E-state index in [4.69, 9.17) is 5.11 Å². The van der Waals surface area contributed by atoms with Crippen LogP contribution < -0.4 is 5.32 Å². The molecule has 1 unspecified atom stereocenters. The Labute approximate surface area is 117 Å². The van der Waals surface area contributed by atoms with Crippen LogP contribution in [0.3, 0.4) is 0 Å². The van der Waals surface area contributed by atoms with Gasteiger partial charge in [0.15, 0.2) is 0 Å². The molecule has 5 heteroatoms. The highest BCUT2D eigenvalue weighted by atomic mass is 16.4. The van der Waals surface area contributed by atoms with Gasteiger partial charge in [-0.25, -0.2) is 9.59 Å². The highest BCUT2D eigenvalue weighted by Crippen LogP contribution is 2.25. The number of benzene rings is 1. The van der Waals surface area contributed by atoms with Gasteiger partial charge in [0.1, 0.15) is 6.04 Å². The molecule has 0 aromatic heterocycles. The molecular weight excluding hydrogens is 256 g/mol. The van der Waals surface area contributed by atoms with Crippen LogP contribution in [-0.4, -0.2) is 34.6 Å². The number of aryl methyl sites for hydroxylation is 2. The lowest BCUT2D eigenvalue weighted by atomic mass is 10.1. The maximum absolute atomic E-state index is 12.2. The van der Waals surface area contributed by atoms with E-state index >= 15 is 0 Å². The summed E-state index contributed by atoms with van der Waals surface area (Å²) in [6.07, 6.45) is 4.61. The average molecular weight is 274 g/mol. The quantitative estimate of drug-likeness (QED) is 0.869. The molecule has 0 saturated carbocycles. The molecule has 0 bridgehead atoms. The molecule has 1 saturated heterocycles. The maximum Gasteiger partial charge on any atom is 0.326 e. The van der Waals surface area contributed by atoms with Crippen molar-refractivity contribution in [3.63, 3.8) is 0 Å². The summed E-state index contributed by atoms with van der Waals surface area (Å²) in [4.78, 5) is 24.7. The van der Waals surface area contributed by atoms with Crippen molar-refractivity contribution in [2.45, 2.75) is 38.1 Å². The topological polar surface area (TPSA) is 69.6 Å². The standard InChI is InChI=1S/C15H18N2O3/c18-14(19)13-5-2-8-17(13)15(20)16-12-7-6-10-3-1-4-11(10)9-12/h6-7,9,13H,1-5,8H2,(H,16,20)(H,18,19). The van der Waals surface area contributed by atoms with E-state index in [9.17, 15) is 9.59 Å². The monoisotopic (exact) mass is 274 g/mol. The van der Waals surface area contributed by atoms with Crippen LogP contribution in [0.5, 0.6) is 0 Å². The van der Waals surface area contributed by atoms with Gasteiger partial charge in [0, 0.05) is 12.2 Å². The van der Waals surface area contributed by atoms with Gasteiger partial charge in [0.05, 0.1) is 0 Å². The Bertz CT molecular complexity index is 556. The van der Waals surface area contributed by atoms with E-state index in [1.54, 1.807) is 0 Å². The zero-order valence-electron chi connectivity index (χ0n) is 11.3. The van der Waals surface area contributed by atoms with Gasteiger partial charge < -0.3 is 15.3 Å². The van der Waals surface area contributed by atoms with Gasteiger partial charge in [-0.2, -0.15) is 0 Å². The second-order valence-electron chi connectivity index (χ2n) is 5.46. The zero-order chi connectivity index (χ0) is 14.1. The Kier molecular flexibility index (Phi) is 3.34. The fraction of sp³-hybridized carbons (Fsp3) is 0.467. The molecule has 3 rings (SSSR count). The van der Waals surface area contributed by atoms with Crippen LogP contribution in [0.15, 0.2) is 18.2 Å². The second-order valence-corrected chi connectivity index (χ2v) is 5.46. The Morgan fingerprint density at radius 2 is 2.00 bits per heavy atom. The minimum Gasteiger partial charge on any atom is -0.480 e. The molecule has 5 nitrogen and oxygen atoms in total. The third-order valence-electron chi connectivity index (χ3n) is 4.15. The van der Waals surface area contributed by atoms with Gasteiger partial charge in [0.25, 0.3) is 0 Å². The first kappa shape index (κ1) is 13.0. The van der Waals surface area contributed by atoms with E-state index in [1.165, 1.54) is 22.4 Å². The van der Waals surface area contributed by atoms with Crippen LogP contribution in [0.2, 0.25) is 0 Å². The van der Waals surface area contributed by atoms with Crippen LogP contribution in [0.25, 0.3) is 0 Å². The fourth-order valence-electron chi connectivity index (χ4n) is 3.11. The van der Waals surface area contributed by atoms with Crippen molar-refractivity contribution in [1.82, 2.24) is 4.90 Å². The highest BCUT2D eigenvalue weighted by Gasteiger charge is 2.34. The summed E-state index contributed by atoms with van der Waals surface area (Å²) in [6.45, 7) is 0.508. The number of urea groups is 1. The molecule has 1 aromatic rings. The zero-order valence-corrected chi connectivity index (χ0v) is 11.3. The van der Waals surface area contributed by atoms with Crippen molar-refractivity contribution in [2.75, 3.05) is 11.9 Å². The molecule has 1 heterocycles. The number of carboxylic acids is 1. The van der Waals surface area contributed by atoms with Crippen molar-refractivity contribution in [2.24, 2.45) is 0 Å². The predicted octanol–water partition coefficient (Wildman–Crippen LogP) is 2.26. The van der Waals surface area contributed by atoms with Crippen molar-refractivity contribution in [3.05, 3.63) is 29.3 Å². The number of hydrogen-bond donors (Lipinski definition) is 2. The number of likely N-dealkylation sites (tertiary alicyclic amines) is 1. The summed E-state index contributed by atoms with van der Waals surface area (Å²) in [7, 11) is 0. The highest BCUT2D eigenvalue weighted by molar-refractivity contribution is 5.92. The van der Waals surface area contributed by atoms with Gasteiger partial charge in [0.2, 0.25) is 0 Å². The minimum atomic E-state index is -0.924. The number of carbonyl (C=O) groups excluding carboxylic acids is 1. The predicted molar refractivity (Wildman–Crippen MR) is 74.8 cm³/mol. The van der Waals surface area contributed by atoms with E-state index in [1.807, 2.05) is 12.1 Å². The Balaban J connectivity index is 1.71. The Hall–Kier alpha value is -2.04. The van der Waals surface area contributed by atoms with E-state index in [0.717, 1.165) is 24.9 Å². The lowest BCUT2D eigenvalue weighted by Crippen LogP contribution is -2.42. The molecule has 0 spiro atoms. The summed E-state index contributed by atoms with van der Waals surface area (Å²) in [6, 6.07) is 4.95. The molecule has 0 radical (unpaired) electrons. The van der Waals surface area contributed by atoms with E-state index in [0.29, 0.717) is 13.0 Å². The molecule has 1 atom stereocenters. The van der Waals surface area contributed by atoms with Gasteiger partial charge in [-0.15, -0.1) is 0 Å². The fourth-order valence-corrected chi connectivity index (χ4v) is 3.11. The van der Waals surface area contributed by atoms with Crippen molar-refractivity contribution >= 4 is 17.7 Å². The molecule has 20 heavy (non-hydrogen) atoms. The first-order chi connectivity index (χ1) is 9.65. The summed E-state index contributed by atoms with van der Waals surface area (Å²) in [5, 5.41) is 11.9. The molecule has 1 aromatic carbocycles. The third-order valence-corrected chi connectivity index (χ3v) is 4.15. The van der Waals surface area contributed by atoms with Crippen LogP contribution >= 0.6 is 0 Å². The van der Waals surface area contributed by atoms with Crippen LogP contribution in [0.4, 0.5) is 10.5 Å². The molecule has 2 aliphatic rings. The molecule has 1 aliphatic heterocycles. The smallest absolute Gasteiger partial charge is 0.326 e. The van der Waals surface area contributed by atoms with Crippen molar-refractivity contribution in [1.29, 1.82) is 0 Å². The van der Waals surface area contributed by atoms with E-state index in [2.05, 4.69) is 11.4 Å². The normalized spacial score (nSPS) is 20.8. The molecule has 2 amide bonds. The molecular formula is C15H18N2O3. The molecule has 2 N–H and O–H groups in total. The average Bonchev–Trinajstić information content (AvgIpc) is 3.06. The number of nitrogens with zero attached hydrogens (tertiary/aromatic N) is 1. The maximum atomic E-state index is 12.2. The van der Waals surface area contributed by atoms with Gasteiger partial charge in [-0.3, -0.25) is 0 Å². The number of carbonyl (C=O) groups is 2. The van der Waals surface area contributed by atoms with Crippen LogP contribution in [0, 0.1) is 0 Å². The van der Waals surface area contributed by atoms with Gasteiger partial charge in [-0.1, -0.05) is 6.07 Å². The first-order valence-corrected chi connectivity index (χ1v) is 7.07. The third kappa shape index (κ3) is 2.35. The largest absolute Gasteiger partial charge is 0.480 e. The lowest BCUT2D eigenvalue weighted by molar-refractivity contribution is -0.141. The van der Waals surface area contributed by atoms with E-state index in [-0.39, 0.29) is 6.03 Å². The van der Waals surface area contributed by atoms with Crippen LogP contribution in [0.1, 0.15) is 30.4 Å². The lowest BCUT2D eigenvalue weighted by Gasteiger charge is -2.22. The number of aliphatic carboxylic acids is 1. The van der Waals surface area contributed by atoms with Gasteiger partial charge >= 0.3 is 12.0 Å². The molecule has 1 aliphatic carbocycles. The molecule has 1 fully saturated rings. The second kappa shape index (κ2) is 5.15. The number of nitrogens with one attached hydrogen (secondary N) is 1. The van der Waals surface area contributed by atoms with Crippen molar-refractivity contribution in [3.8, 4) is 0 Å². The van der Waals surface area contributed by atoms with Gasteiger partial charge in [-0.05, 0) is 55.4 Å². The summed E-state index contributed by atoms with van der Waals surface area (Å²) in [5.74, 6) is -0.924. The number of rotatable bonds is 2. The Morgan fingerprint density at radius 3 is 2.80 bits per heavy atom. The minimum absolute atomic E-state index is 0.312. The SMILES string of the molecule is O=C(O)C1CCCN1C(=O)Nc1ccc2c(c1)CCC2.